The number of thiazole rings is 1. The first kappa shape index (κ1) is 19.0. The van der Waals surface area contributed by atoms with Crippen LogP contribution in [0.1, 0.15) is 34.4 Å². The summed E-state index contributed by atoms with van der Waals surface area (Å²) in [5.74, 6) is -0.317. The number of aryl methyl sites for hydroxylation is 4. The van der Waals surface area contributed by atoms with E-state index in [1.54, 1.807) is 20.0 Å². The topological polar surface area (TPSA) is 79.4 Å². The van der Waals surface area contributed by atoms with Crippen LogP contribution in [0.15, 0.2) is 23.2 Å². The van der Waals surface area contributed by atoms with Crippen molar-refractivity contribution < 1.29 is 13.2 Å². The summed E-state index contributed by atoms with van der Waals surface area (Å²) in [5, 5.41) is 3.26. The van der Waals surface area contributed by atoms with Crippen molar-refractivity contribution in [1.29, 1.82) is 0 Å². The van der Waals surface area contributed by atoms with Crippen molar-refractivity contribution in [2.24, 2.45) is 0 Å². The van der Waals surface area contributed by atoms with Crippen LogP contribution in [0.4, 0.5) is 5.13 Å². The zero-order chi connectivity index (χ0) is 19.1. The van der Waals surface area contributed by atoms with Gasteiger partial charge in [0, 0.05) is 17.6 Å². The number of benzene rings is 1. The summed E-state index contributed by atoms with van der Waals surface area (Å²) in [7, 11) is -3.74. The molecule has 0 spiro atoms. The molecule has 6 nitrogen and oxygen atoms in total. The highest BCUT2D eigenvalue weighted by Crippen LogP contribution is 2.31. The van der Waals surface area contributed by atoms with E-state index in [0.717, 1.165) is 10.4 Å². The molecule has 3 rings (SSSR count). The lowest BCUT2D eigenvalue weighted by Crippen LogP contribution is -2.43. The molecule has 26 heavy (non-hydrogen) atoms. The van der Waals surface area contributed by atoms with Crippen LogP contribution in [-0.2, 0) is 14.8 Å². The average Bonchev–Trinajstić information content (AvgIpc) is 3.15. The van der Waals surface area contributed by atoms with Gasteiger partial charge in [0.15, 0.2) is 5.13 Å². The van der Waals surface area contributed by atoms with Gasteiger partial charge in [0.1, 0.15) is 6.04 Å². The van der Waals surface area contributed by atoms with E-state index in [1.165, 1.54) is 15.6 Å². The molecule has 0 saturated carbocycles. The lowest BCUT2D eigenvalue weighted by atomic mass is 10.1. The highest BCUT2D eigenvalue weighted by molar-refractivity contribution is 7.89. The molecule has 1 aromatic carbocycles. The van der Waals surface area contributed by atoms with Crippen molar-refractivity contribution >= 4 is 32.4 Å². The quantitative estimate of drug-likeness (QED) is 0.865. The molecule has 140 valence electrons. The Bertz CT molecular complexity index is 927. The fourth-order valence-electron chi connectivity index (χ4n) is 3.58. The third kappa shape index (κ3) is 3.54. The van der Waals surface area contributed by atoms with Crippen LogP contribution in [0, 0.1) is 27.7 Å². The Labute approximate surface area is 158 Å². The number of hydrogen-bond acceptors (Lipinski definition) is 5. The van der Waals surface area contributed by atoms with Gasteiger partial charge in [0.05, 0.1) is 4.90 Å². The van der Waals surface area contributed by atoms with E-state index in [-0.39, 0.29) is 5.91 Å². The number of amides is 1. The lowest BCUT2D eigenvalue weighted by Gasteiger charge is -2.25. The van der Waals surface area contributed by atoms with Gasteiger partial charge in [0.25, 0.3) is 0 Å². The molecule has 2 heterocycles. The number of sulfonamides is 1. The molecule has 8 heteroatoms. The third-order valence-electron chi connectivity index (χ3n) is 4.53. The number of rotatable bonds is 4. The van der Waals surface area contributed by atoms with Crippen LogP contribution in [0.3, 0.4) is 0 Å². The Morgan fingerprint density at radius 1 is 1.23 bits per heavy atom. The molecule has 1 unspecified atom stereocenters. The van der Waals surface area contributed by atoms with E-state index in [0.29, 0.717) is 40.5 Å². The van der Waals surface area contributed by atoms with E-state index in [1.807, 2.05) is 26.0 Å². The standard InChI is InChI=1S/C18H23N3O3S2/c1-11-8-12(2)16(13(3)9-11)26(23,24)21-7-5-6-15(21)17(22)20-18-19-10-14(4)25-18/h8-10,15H,5-7H2,1-4H3,(H,19,20,22). The molecular formula is C18H23N3O3S2. The van der Waals surface area contributed by atoms with E-state index >= 15 is 0 Å². The number of hydrogen-bond donors (Lipinski definition) is 1. The van der Waals surface area contributed by atoms with Gasteiger partial charge in [-0.3, -0.25) is 4.79 Å². The summed E-state index contributed by atoms with van der Waals surface area (Å²) in [4.78, 5) is 18.1. The summed E-state index contributed by atoms with van der Waals surface area (Å²) in [6, 6.07) is 3.02. The maximum Gasteiger partial charge on any atom is 0.244 e. The predicted octanol–water partition coefficient (Wildman–Crippen LogP) is 3.17. The predicted molar refractivity (Wildman–Crippen MR) is 103 cm³/mol. The van der Waals surface area contributed by atoms with E-state index in [4.69, 9.17) is 0 Å². The lowest BCUT2D eigenvalue weighted by molar-refractivity contribution is -0.119. The van der Waals surface area contributed by atoms with Gasteiger partial charge in [-0.1, -0.05) is 17.7 Å². The highest BCUT2D eigenvalue weighted by Gasteiger charge is 2.40. The summed E-state index contributed by atoms with van der Waals surface area (Å²) in [5.41, 5.74) is 2.45. The van der Waals surface area contributed by atoms with Gasteiger partial charge in [-0.15, -0.1) is 11.3 Å². The van der Waals surface area contributed by atoms with Crippen LogP contribution in [0.5, 0.6) is 0 Å². The molecule has 0 aliphatic carbocycles. The molecule has 1 saturated heterocycles. The average molecular weight is 394 g/mol. The molecule has 1 atom stereocenters. The van der Waals surface area contributed by atoms with Crippen molar-refractivity contribution in [3.05, 3.63) is 39.9 Å². The molecular weight excluding hydrogens is 370 g/mol. The fourth-order valence-corrected chi connectivity index (χ4v) is 6.32. The normalized spacial score (nSPS) is 18.2. The van der Waals surface area contributed by atoms with Gasteiger partial charge >= 0.3 is 0 Å². The number of aromatic nitrogens is 1. The largest absolute Gasteiger partial charge is 0.301 e. The van der Waals surface area contributed by atoms with Crippen LogP contribution in [0.25, 0.3) is 0 Å². The summed E-state index contributed by atoms with van der Waals surface area (Å²) in [6.45, 7) is 7.80. The maximum atomic E-state index is 13.3. The Hall–Kier alpha value is -1.77. The minimum absolute atomic E-state index is 0.313. The Balaban J connectivity index is 1.90. The van der Waals surface area contributed by atoms with E-state index in [9.17, 15) is 13.2 Å². The molecule has 1 aromatic heterocycles. The zero-order valence-electron chi connectivity index (χ0n) is 15.4. The van der Waals surface area contributed by atoms with Gasteiger partial charge in [-0.25, -0.2) is 13.4 Å². The van der Waals surface area contributed by atoms with Crippen molar-refractivity contribution in [2.45, 2.75) is 51.5 Å². The number of nitrogens with one attached hydrogen (secondary N) is 1. The molecule has 0 radical (unpaired) electrons. The van der Waals surface area contributed by atoms with Crippen LogP contribution >= 0.6 is 11.3 Å². The van der Waals surface area contributed by atoms with Gasteiger partial charge in [-0.2, -0.15) is 4.31 Å². The Morgan fingerprint density at radius 2 is 1.88 bits per heavy atom. The van der Waals surface area contributed by atoms with Crippen LogP contribution in [-0.4, -0.2) is 36.2 Å². The summed E-state index contributed by atoms with van der Waals surface area (Å²) < 4.78 is 27.9. The van der Waals surface area contributed by atoms with Crippen LogP contribution < -0.4 is 5.32 Å². The monoisotopic (exact) mass is 393 g/mol. The second kappa shape index (κ2) is 7.09. The Morgan fingerprint density at radius 3 is 2.46 bits per heavy atom. The number of carbonyl (C=O) groups excluding carboxylic acids is 1. The minimum Gasteiger partial charge on any atom is -0.301 e. The maximum absolute atomic E-state index is 13.3. The molecule has 1 N–H and O–H groups in total. The van der Waals surface area contributed by atoms with Crippen molar-refractivity contribution in [3.8, 4) is 0 Å². The van der Waals surface area contributed by atoms with Gasteiger partial charge < -0.3 is 5.32 Å². The van der Waals surface area contributed by atoms with Crippen molar-refractivity contribution in [2.75, 3.05) is 11.9 Å². The second-order valence-corrected chi connectivity index (χ2v) is 9.83. The van der Waals surface area contributed by atoms with E-state index in [2.05, 4.69) is 10.3 Å². The van der Waals surface area contributed by atoms with E-state index < -0.39 is 16.1 Å². The van der Waals surface area contributed by atoms with Gasteiger partial charge in [-0.05, 0) is 51.7 Å². The van der Waals surface area contributed by atoms with Crippen molar-refractivity contribution in [3.63, 3.8) is 0 Å². The number of anilines is 1. The first-order chi connectivity index (χ1) is 12.2. The first-order valence-electron chi connectivity index (χ1n) is 8.53. The third-order valence-corrected chi connectivity index (χ3v) is 7.57. The molecule has 1 fully saturated rings. The fraction of sp³-hybridized carbons (Fsp3) is 0.444. The smallest absolute Gasteiger partial charge is 0.244 e. The van der Waals surface area contributed by atoms with Crippen LogP contribution in [0.2, 0.25) is 0 Å². The molecule has 1 aliphatic rings. The Kier molecular flexibility index (Phi) is 5.18. The SMILES string of the molecule is Cc1cc(C)c(S(=O)(=O)N2CCCC2C(=O)Nc2ncc(C)s2)c(C)c1. The molecule has 0 bridgehead atoms. The summed E-state index contributed by atoms with van der Waals surface area (Å²) in [6.07, 6.45) is 2.86. The molecule has 1 aliphatic heterocycles. The first-order valence-corrected chi connectivity index (χ1v) is 10.8. The number of nitrogens with zero attached hydrogens (tertiary/aromatic N) is 2. The molecule has 2 aromatic rings. The highest BCUT2D eigenvalue weighted by atomic mass is 32.2. The summed E-state index contributed by atoms with van der Waals surface area (Å²) >= 11 is 1.38. The zero-order valence-corrected chi connectivity index (χ0v) is 17.0. The van der Waals surface area contributed by atoms with Gasteiger partial charge in [0.2, 0.25) is 15.9 Å². The van der Waals surface area contributed by atoms with Crippen molar-refractivity contribution in [1.82, 2.24) is 9.29 Å². The second-order valence-electron chi connectivity index (χ2n) is 6.77. The molecule has 1 amide bonds. The minimum atomic E-state index is -3.74. The number of carbonyl (C=O) groups is 1.